The van der Waals surface area contributed by atoms with Crippen LogP contribution in [-0.4, -0.2) is 40.7 Å². The number of carboxylic acids is 1. The van der Waals surface area contributed by atoms with Gasteiger partial charge < -0.3 is 10.2 Å². The molecule has 2 rings (SSSR count). The molecule has 1 unspecified atom stereocenters. The molecule has 0 heterocycles. The summed E-state index contributed by atoms with van der Waals surface area (Å²) in [5.74, 6) is 5.53. The fourth-order valence-electron chi connectivity index (χ4n) is 3.80. The molecule has 1 aromatic carbocycles. The number of carbonyl (C=O) groups is 1. The van der Waals surface area contributed by atoms with Crippen LogP contribution in [0.15, 0.2) is 24.3 Å². The van der Waals surface area contributed by atoms with E-state index in [4.69, 9.17) is 5.11 Å². The minimum atomic E-state index is -1.46. The van der Waals surface area contributed by atoms with E-state index in [-0.39, 0.29) is 5.41 Å². The zero-order chi connectivity index (χ0) is 19.0. The molecular formula is C22H31NO3. The highest BCUT2D eigenvalue weighted by Gasteiger charge is 2.33. The SMILES string of the molecule is CCN(CC)CC#CCC1(c2ccc(C(O)C(=O)O)cc2)CCCCC1. The maximum absolute atomic E-state index is 11.0. The van der Waals surface area contributed by atoms with Crippen LogP contribution in [0.3, 0.4) is 0 Å². The van der Waals surface area contributed by atoms with Crippen LogP contribution in [0, 0.1) is 11.8 Å². The highest BCUT2D eigenvalue weighted by atomic mass is 16.4. The molecule has 1 atom stereocenters. The number of rotatable bonds is 7. The Morgan fingerprint density at radius 3 is 2.27 bits per heavy atom. The lowest BCUT2D eigenvalue weighted by Gasteiger charge is -2.36. The molecule has 1 aromatic rings. The van der Waals surface area contributed by atoms with Crippen molar-refractivity contribution in [3.05, 3.63) is 35.4 Å². The van der Waals surface area contributed by atoms with Gasteiger partial charge in [-0.2, -0.15) is 0 Å². The zero-order valence-corrected chi connectivity index (χ0v) is 16.0. The van der Waals surface area contributed by atoms with E-state index >= 15 is 0 Å². The first-order valence-electron chi connectivity index (χ1n) is 9.72. The van der Waals surface area contributed by atoms with Crippen LogP contribution >= 0.6 is 0 Å². The molecule has 1 saturated carbocycles. The second-order valence-corrected chi connectivity index (χ2v) is 7.20. The van der Waals surface area contributed by atoms with Crippen molar-refractivity contribution in [3.63, 3.8) is 0 Å². The molecule has 0 saturated heterocycles. The first-order valence-corrected chi connectivity index (χ1v) is 9.72. The van der Waals surface area contributed by atoms with Crippen LogP contribution in [0.25, 0.3) is 0 Å². The van der Waals surface area contributed by atoms with Gasteiger partial charge >= 0.3 is 5.97 Å². The molecule has 1 fully saturated rings. The average Bonchev–Trinajstić information content (AvgIpc) is 2.68. The topological polar surface area (TPSA) is 60.8 Å². The third-order valence-electron chi connectivity index (χ3n) is 5.63. The normalized spacial score (nSPS) is 17.4. The largest absolute Gasteiger partial charge is 0.479 e. The minimum absolute atomic E-state index is 0.0568. The maximum Gasteiger partial charge on any atom is 0.337 e. The molecule has 0 amide bonds. The molecule has 1 aliphatic rings. The molecule has 0 bridgehead atoms. The summed E-state index contributed by atoms with van der Waals surface area (Å²) < 4.78 is 0. The van der Waals surface area contributed by atoms with Crippen molar-refractivity contribution in [1.82, 2.24) is 4.90 Å². The number of hydrogen-bond donors (Lipinski definition) is 2. The van der Waals surface area contributed by atoms with Gasteiger partial charge in [0, 0.05) is 11.8 Å². The standard InChI is InChI=1S/C22H31NO3/c1-3-23(4-2)17-9-8-16-22(14-6-5-7-15-22)19-12-10-18(11-13-19)20(24)21(25)26/h10-13,20,24H,3-7,14-17H2,1-2H3,(H,25,26). The van der Waals surface area contributed by atoms with Crippen molar-refractivity contribution in [3.8, 4) is 11.8 Å². The highest BCUT2D eigenvalue weighted by Crippen LogP contribution is 2.42. The van der Waals surface area contributed by atoms with Crippen molar-refractivity contribution in [2.24, 2.45) is 0 Å². The molecule has 4 nitrogen and oxygen atoms in total. The van der Waals surface area contributed by atoms with Crippen molar-refractivity contribution in [2.45, 2.75) is 63.9 Å². The number of hydrogen-bond acceptors (Lipinski definition) is 3. The van der Waals surface area contributed by atoms with Gasteiger partial charge in [-0.15, -0.1) is 5.92 Å². The quantitative estimate of drug-likeness (QED) is 0.730. The number of nitrogens with zero attached hydrogens (tertiary/aromatic N) is 1. The lowest BCUT2D eigenvalue weighted by Crippen LogP contribution is -2.29. The Morgan fingerprint density at radius 1 is 1.12 bits per heavy atom. The minimum Gasteiger partial charge on any atom is -0.479 e. The predicted molar refractivity (Wildman–Crippen MR) is 104 cm³/mol. The second kappa shape index (κ2) is 9.75. The highest BCUT2D eigenvalue weighted by molar-refractivity contribution is 5.74. The van der Waals surface area contributed by atoms with Gasteiger partial charge in [-0.25, -0.2) is 4.79 Å². The van der Waals surface area contributed by atoms with Crippen LogP contribution in [0.1, 0.15) is 69.6 Å². The van der Waals surface area contributed by atoms with Gasteiger partial charge in [-0.3, -0.25) is 4.90 Å². The summed E-state index contributed by atoms with van der Waals surface area (Å²) in [6.07, 6.45) is 5.30. The third kappa shape index (κ3) is 5.09. The molecule has 1 aliphatic carbocycles. The molecule has 0 spiro atoms. The van der Waals surface area contributed by atoms with Crippen molar-refractivity contribution < 1.29 is 15.0 Å². The van der Waals surface area contributed by atoms with Crippen molar-refractivity contribution in [2.75, 3.05) is 19.6 Å². The Kier molecular flexibility index (Phi) is 7.68. The molecule has 0 aromatic heterocycles. The van der Waals surface area contributed by atoms with Gasteiger partial charge in [0.25, 0.3) is 0 Å². The Labute approximate surface area is 157 Å². The molecule has 26 heavy (non-hydrogen) atoms. The van der Waals surface area contributed by atoms with Crippen LogP contribution < -0.4 is 0 Å². The van der Waals surface area contributed by atoms with Gasteiger partial charge in [-0.05, 0) is 37.1 Å². The monoisotopic (exact) mass is 357 g/mol. The lowest BCUT2D eigenvalue weighted by molar-refractivity contribution is -0.146. The summed E-state index contributed by atoms with van der Waals surface area (Å²) >= 11 is 0. The average molecular weight is 357 g/mol. The van der Waals surface area contributed by atoms with Gasteiger partial charge in [-0.1, -0.05) is 63.3 Å². The molecular weight excluding hydrogens is 326 g/mol. The fourth-order valence-corrected chi connectivity index (χ4v) is 3.80. The molecule has 2 N–H and O–H groups in total. The summed E-state index contributed by atoms with van der Waals surface area (Å²) in [5, 5.41) is 18.7. The van der Waals surface area contributed by atoms with Gasteiger partial charge in [0.1, 0.15) is 0 Å². The van der Waals surface area contributed by atoms with Crippen LogP contribution in [-0.2, 0) is 10.2 Å². The maximum atomic E-state index is 11.0. The Bertz CT molecular complexity index is 632. The molecule has 4 heteroatoms. The van der Waals surface area contributed by atoms with E-state index in [0.29, 0.717) is 5.56 Å². The first kappa shape index (κ1) is 20.5. The predicted octanol–water partition coefficient (Wildman–Crippen LogP) is 3.74. The van der Waals surface area contributed by atoms with E-state index in [9.17, 15) is 9.90 Å². The van der Waals surface area contributed by atoms with Crippen LogP contribution in [0.5, 0.6) is 0 Å². The van der Waals surface area contributed by atoms with Crippen LogP contribution in [0.4, 0.5) is 0 Å². The lowest BCUT2D eigenvalue weighted by atomic mass is 9.67. The summed E-state index contributed by atoms with van der Waals surface area (Å²) in [4.78, 5) is 13.3. The number of carboxylic acid groups (broad SMARTS) is 1. The third-order valence-corrected chi connectivity index (χ3v) is 5.63. The van der Waals surface area contributed by atoms with Gasteiger partial charge in [0.05, 0.1) is 6.54 Å². The summed E-state index contributed by atoms with van der Waals surface area (Å²) in [7, 11) is 0. The second-order valence-electron chi connectivity index (χ2n) is 7.20. The Balaban J connectivity index is 2.16. The van der Waals surface area contributed by atoms with Gasteiger partial charge in [0.15, 0.2) is 6.10 Å². The molecule has 142 valence electrons. The number of aliphatic hydroxyl groups is 1. The Morgan fingerprint density at radius 2 is 1.73 bits per heavy atom. The van der Waals surface area contributed by atoms with Gasteiger partial charge in [0.2, 0.25) is 0 Å². The Hall–Kier alpha value is -1.83. The van der Waals surface area contributed by atoms with E-state index in [1.165, 1.54) is 24.8 Å². The summed E-state index contributed by atoms with van der Waals surface area (Å²) in [6.45, 7) is 7.15. The van der Waals surface area contributed by atoms with Crippen molar-refractivity contribution >= 4 is 5.97 Å². The molecule has 0 aliphatic heterocycles. The molecule has 0 radical (unpaired) electrons. The van der Waals surface area contributed by atoms with Crippen molar-refractivity contribution in [1.29, 1.82) is 0 Å². The van der Waals surface area contributed by atoms with E-state index < -0.39 is 12.1 Å². The van der Waals surface area contributed by atoms with E-state index in [2.05, 4.69) is 30.6 Å². The zero-order valence-electron chi connectivity index (χ0n) is 16.0. The number of aliphatic carboxylic acids is 1. The summed E-state index contributed by atoms with van der Waals surface area (Å²) in [5.41, 5.74) is 1.71. The number of aliphatic hydroxyl groups excluding tert-OH is 1. The smallest absolute Gasteiger partial charge is 0.337 e. The number of benzene rings is 1. The fraction of sp³-hybridized carbons (Fsp3) is 0.591. The summed E-state index contributed by atoms with van der Waals surface area (Å²) in [6, 6.07) is 7.46. The van der Waals surface area contributed by atoms with Crippen LogP contribution in [0.2, 0.25) is 0 Å². The van der Waals surface area contributed by atoms with E-state index in [0.717, 1.165) is 38.9 Å². The van der Waals surface area contributed by atoms with E-state index in [1.807, 2.05) is 12.1 Å². The van der Waals surface area contributed by atoms with E-state index in [1.54, 1.807) is 12.1 Å². The first-order chi connectivity index (χ1) is 12.5.